The van der Waals surface area contributed by atoms with Crippen LogP contribution in [-0.2, 0) is 4.79 Å². The minimum Gasteiger partial charge on any atom is -0.359 e. The monoisotopic (exact) mass is 494 g/mol. The minimum atomic E-state index is -0.867. The van der Waals surface area contributed by atoms with Crippen molar-refractivity contribution in [2.24, 2.45) is 4.99 Å². The van der Waals surface area contributed by atoms with Crippen LogP contribution in [0.2, 0.25) is 5.02 Å². The third-order valence-electron chi connectivity index (χ3n) is 5.52. The number of aliphatic imine (C=N–C) groups is 1. The lowest BCUT2D eigenvalue weighted by atomic mass is 10.0. The molecule has 1 atom stereocenters. The highest BCUT2D eigenvalue weighted by Gasteiger charge is 2.30. The number of carbonyl (C=O) groups excluding carboxylic acids is 1. The summed E-state index contributed by atoms with van der Waals surface area (Å²) in [6, 6.07) is 15.2. The number of carbonyl (C=O) groups is 1. The lowest BCUT2D eigenvalue weighted by Crippen LogP contribution is -2.49. The van der Waals surface area contributed by atoms with Gasteiger partial charge in [0.1, 0.15) is 0 Å². The molecule has 0 radical (unpaired) electrons. The molecule has 0 saturated heterocycles. The van der Waals surface area contributed by atoms with Crippen molar-refractivity contribution in [2.45, 2.75) is 39.8 Å². The highest BCUT2D eigenvalue weighted by Crippen LogP contribution is 2.29. The third-order valence-corrected chi connectivity index (χ3v) is 6.01. The molecule has 2 aromatic carbocycles. The number of benzodiazepines with no additional fused rings is 1. The number of nitrogens with one attached hydrogen (secondary N) is 2. The highest BCUT2D eigenvalue weighted by molar-refractivity contribution is 7.80. The Balaban J connectivity index is 1.78. The van der Waals surface area contributed by atoms with E-state index in [4.69, 9.17) is 28.8 Å². The highest BCUT2D eigenvalue weighted by atomic mass is 35.5. The summed E-state index contributed by atoms with van der Waals surface area (Å²) >= 11 is 11.8. The zero-order valence-corrected chi connectivity index (χ0v) is 21.6. The first-order valence-corrected chi connectivity index (χ1v) is 12.1. The van der Waals surface area contributed by atoms with Gasteiger partial charge in [-0.15, -0.1) is 0 Å². The van der Waals surface area contributed by atoms with E-state index < -0.39 is 6.17 Å². The van der Waals surface area contributed by atoms with Crippen molar-refractivity contribution in [1.29, 1.82) is 0 Å². The van der Waals surface area contributed by atoms with Crippen LogP contribution in [-0.4, -0.2) is 36.5 Å². The van der Waals surface area contributed by atoms with Crippen LogP contribution in [0.15, 0.2) is 76.8 Å². The molecule has 0 fully saturated rings. The van der Waals surface area contributed by atoms with Gasteiger partial charge in [0, 0.05) is 29.7 Å². The van der Waals surface area contributed by atoms with E-state index in [9.17, 15) is 4.79 Å². The van der Waals surface area contributed by atoms with Crippen molar-refractivity contribution in [1.82, 2.24) is 10.6 Å². The first-order valence-electron chi connectivity index (χ1n) is 11.3. The van der Waals surface area contributed by atoms with E-state index in [1.165, 1.54) is 11.1 Å². The molecule has 178 valence electrons. The molecular formula is C27H31ClN4OS. The van der Waals surface area contributed by atoms with Crippen LogP contribution >= 0.6 is 23.8 Å². The molecule has 1 aliphatic rings. The van der Waals surface area contributed by atoms with E-state index in [0.29, 0.717) is 22.4 Å². The predicted molar refractivity (Wildman–Crippen MR) is 147 cm³/mol. The molecule has 1 amide bonds. The molecule has 0 spiro atoms. The van der Waals surface area contributed by atoms with Gasteiger partial charge in [-0.3, -0.25) is 4.79 Å². The van der Waals surface area contributed by atoms with Crippen molar-refractivity contribution >= 4 is 46.2 Å². The molecule has 0 aromatic heterocycles. The van der Waals surface area contributed by atoms with E-state index in [0.717, 1.165) is 29.7 Å². The molecule has 1 unspecified atom stereocenters. The van der Waals surface area contributed by atoms with Crippen LogP contribution in [0.5, 0.6) is 0 Å². The summed E-state index contributed by atoms with van der Waals surface area (Å²) in [7, 11) is 1.74. The molecule has 1 heterocycles. The fourth-order valence-corrected chi connectivity index (χ4v) is 4.02. The number of hydrogen-bond acceptors (Lipinski definition) is 3. The Labute approximate surface area is 212 Å². The predicted octanol–water partition coefficient (Wildman–Crippen LogP) is 5.64. The Morgan fingerprint density at radius 1 is 1.15 bits per heavy atom. The van der Waals surface area contributed by atoms with Gasteiger partial charge >= 0.3 is 0 Å². The van der Waals surface area contributed by atoms with Gasteiger partial charge in [-0.2, -0.15) is 0 Å². The first-order chi connectivity index (χ1) is 16.3. The van der Waals surface area contributed by atoms with Crippen LogP contribution in [0.25, 0.3) is 0 Å². The van der Waals surface area contributed by atoms with Crippen molar-refractivity contribution in [2.75, 3.05) is 18.5 Å². The second kappa shape index (κ2) is 12.0. The Morgan fingerprint density at radius 2 is 1.88 bits per heavy atom. The molecule has 7 heteroatoms. The summed E-state index contributed by atoms with van der Waals surface area (Å²) in [4.78, 5) is 19.7. The maximum absolute atomic E-state index is 13.3. The van der Waals surface area contributed by atoms with Gasteiger partial charge in [-0.25, -0.2) is 4.99 Å². The normalized spacial score (nSPS) is 15.7. The molecule has 0 aliphatic carbocycles. The summed E-state index contributed by atoms with van der Waals surface area (Å²) in [5.41, 5.74) is 5.74. The van der Waals surface area contributed by atoms with Gasteiger partial charge in [0.25, 0.3) is 5.91 Å². The van der Waals surface area contributed by atoms with Gasteiger partial charge in [0.05, 0.1) is 11.4 Å². The lowest BCUT2D eigenvalue weighted by molar-refractivity contribution is -0.119. The van der Waals surface area contributed by atoms with Gasteiger partial charge in [0.15, 0.2) is 5.11 Å². The van der Waals surface area contributed by atoms with Crippen molar-refractivity contribution in [3.8, 4) is 0 Å². The average Bonchev–Trinajstić information content (AvgIpc) is 2.90. The van der Waals surface area contributed by atoms with E-state index in [1.54, 1.807) is 18.0 Å². The minimum absolute atomic E-state index is 0.202. The second-order valence-electron chi connectivity index (χ2n) is 8.53. The summed E-state index contributed by atoms with van der Waals surface area (Å²) in [5.74, 6) is -0.202. The zero-order chi connectivity index (χ0) is 24.7. The molecule has 3 rings (SSSR count). The number of benzene rings is 2. The molecule has 1 aliphatic heterocycles. The fourth-order valence-electron chi connectivity index (χ4n) is 3.65. The molecular weight excluding hydrogens is 464 g/mol. The maximum Gasteiger partial charge on any atom is 0.272 e. The number of hydrogen-bond donors (Lipinski definition) is 2. The summed E-state index contributed by atoms with van der Waals surface area (Å²) in [5, 5.41) is 7.22. The largest absolute Gasteiger partial charge is 0.359 e. The Bertz CT molecular complexity index is 1140. The maximum atomic E-state index is 13.3. The van der Waals surface area contributed by atoms with E-state index in [1.807, 2.05) is 42.5 Å². The van der Waals surface area contributed by atoms with E-state index in [-0.39, 0.29) is 5.91 Å². The van der Waals surface area contributed by atoms with Crippen LogP contribution in [0.4, 0.5) is 5.69 Å². The third kappa shape index (κ3) is 6.78. The number of allylic oxidation sites excluding steroid dienone is 3. The quantitative estimate of drug-likeness (QED) is 0.386. The number of likely N-dealkylation sites (N-methyl/N-ethyl adjacent to an activating group) is 1. The van der Waals surface area contributed by atoms with Gasteiger partial charge in [-0.1, -0.05) is 65.2 Å². The summed E-state index contributed by atoms with van der Waals surface area (Å²) in [6.45, 7) is 6.90. The summed E-state index contributed by atoms with van der Waals surface area (Å²) < 4.78 is 0. The number of amides is 1. The standard InChI is InChI=1S/C27H31ClN4OS/c1-18(2)9-8-10-19(3)15-16-29-27(34)31-25-26(33)32(4)23-14-13-21(28)17-22(23)24(30-25)20-11-6-5-7-12-20/h5-7,9,11-15,17,25H,8,10,16H2,1-4H3,(H2,29,31,34)/b19-15+. The fraction of sp³-hybridized carbons (Fsp3) is 0.296. The van der Waals surface area contributed by atoms with Crippen LogP contribution < -0.4 is 15.5 Å². The lowest BCUT2D eigenvalue weighted by Gasteiger charge is -2.21. The molecule has 2 aromatic rings. The SMILES string of the molecule is CC(C)=CCC/C(C)=C/CNC(=S)NC1N=C(c2ccccc2)c2cc(Cl)ccc2N(C)C1=O. The number of fused-ring (bicyclic) bond motifs is 1. The topological polar surface area (TPSA) is 56.7 Å². The van der Waals surface area contributed by atoms with Gasteiger partial charge < -0.3 is 15.5 Å². The zero-order valence-electron chi connectivity index (χ0n) is 20.1. The number of thiocarbonyl (C=S) groups is 1. The number of nitrogens with zero attached hydrogens (tertiary/aromatic N) is 2. The van der Waals surface area contributed by atoms with Crippen LogP contribution in [0, 0.1) is 0 Å². The second-order valence-corrected chi connectivity index (χ2v) is 9.37. The molecule has 5 nitrogen and oxygen atoms in total. The number of rotatable bonds is 7. The summed E-state index contributed by atoms with van der Waals surface area (Å²) in [6.07, 6.45) is 5.51. The van der Waals surface area contributed by atoms with E-state index in [2.05, 4.69) is 43.6 Å². The Kier molecular flexibility index (Phi) is 9.02. The molecule has 0 bridgehead atoms. The van der Waals surface area contributed by atoms with Crippen LogP contribution in [0.3, 0.4) is 0 Å². The van der Waals surface area contributed by atoms with Crippen molar-refractivity contribution < 1.29 is 4.79 Å². The Hall–Kier alpha value is -2.96. The van der Waals surface area contributed by atoms with Crippen LogP contribution in [0.1, 0.15) is 44.7 Å². The first kappa shape index (κ1) is 25.7. The molecule has 0 saturated carbocycles. The van der Waals surface area contributed by atoms with Gasteiger partial charge in [-0.05, 0) is 64.0 Å². The van der Waals surface area contributed by atoms with E-state index >= 15 is 0 Å². The molecule has 2 N–H and O–H groups in total. The van der Waals surface area contributed by atoms with Crippen molar-refractivity contribution in [3.05, 3.63) is 88.0 Å². The smallest absolute Gasteiger partial charge is 0.272 e. The van der Waals surface area contributed by atoms with Crippen molar-refractivity contribution in [3.63, 3.8) is 0 Å². The number of anilines is 1. The average molecular weight is 495 g/mol. The number of halogens is 1. The Morgan fingerprint density at radius 3 is 2.59 bits per heavy atom. The molecule has 34 heavy (non-hydrogen) atoms. The van der Waals surface area contributed by atoms with Gasteiger partial charge in [0.2, 0.25) is 6.17 Å².